The summed E-state index contributed by atoms with van der Waals surface area (Å²) in [5.74, 6) is 1.48. The van der Waals surface area contributed by atoms with Crippen LogP contribution < -0.4 is 9.80 Å². The number of anilines is 2. The first-order valence-electron chi connectivity index (χ1n) is 10.2. The van der Waals surface area contributed by atoms with Gasteiger partial charge in [-0.2, -0.15) is 18.4 Å². The fourth-order valence-electron chi connectivity index (χ4n) is 4.21. The molecule has 5 rings (SSSR count). The van der Waals surface area contributed by atoms with Crippen molar-refractivity contribution in [2.75, 3.05) is 36.0 Å². The van der Waals surface area contributed by atoms with Gasteiger partial charge in [-0.3, -0.25) is 4.40 Å². The van der Waals surface area contributed by atoms with Crippen molar-refractivity contribution >= 4 is 28.3 Å². The Morgan fingerprint density at radius 2 is 1.72 bits per heavy atom. The van der Waals surface area contributed by atoms with Crippen LogP contribution in [0, 0.1) is 18.3 Å². The zero-order chi connectivity index (χ0) is 22.5. The maximum atomic E-state index is 12.8. The first kappa shape index (κ1) is 20.1. The van der Waals surface area contributed by atoms with E-state index in [-0.39, 0.29) is 0 Å². The minimum Gasteiger partial charge on any atom is -0.354 e. The molecule has 3 aromatic heterocycles. The van der Waals surface area contributed by atoms with Gasteiger partial charge >= 0.3 is 6.18 Å². The number of halogens is 3. The van der Waals surface area contributed by atoms with Gasteiger partial charge in [0, 0.05) is 32.4 Å². The number of alkyl halides is 3. The van der Waals surface area contributed by atoms with E-state index < -0.39 is 11.7 Å². The summed E-state index contributed by atoms with van der Waals surface area (Å²) in [4.78, 5) is 12.9. The second-order valence-electron chi connectivity index (χ2n) is 7.81. The fraction of sp³-hybridized carbons (Fsp3) is 0.261. The van der Waals surface area contributed by atoms with Crippen molar-refractivity contribution in [3.63, 3.8) is 0 Å². The third-order valence-electron chi connectivity index (χ3n) is 5.87. The molecule has 1 fully saturated rings. The van der Waals surface area contributed by atoms with Gasteiger partial charge in [-0.15, -0.1) is 0 Å². The number of pyridine rings is 2. The van der Waals surface area contributed by atoms with E-state index in [4.69, 9.17) is 4.98 Å². The summed E-state index contributed by atoms with van der Waals surface area (Å²) in [5.41, 5.74) is 3.05. The molecule has 0 bridgehead atoms. The first-order chi connectivity index (χ1) is 15.4. The smallest absolute Gasteiger partial charge is 0.354 e. The van der Waals surface area contributed by atoms with Gasteiger partial charge in [0.2, 0.25) is 0 Å². The SMILES string of the molecule is Cc1cc(N2CCN(c3ccc(C(F)(F)F)cn3)CC2)n2c(nc3ccccc32)c1C#N. The summed E-state index contributed by atoms with van der Waals surface area (Å²) in [7, 11) is 0. The molecular weight excluding hydrogens is 417 g/mol. The summed E-state index contributed by atoms with van der Waals surface area (Å²) in [5, 5.41) is 9.67. The van der Waals surface area contributed by atoms with Gasteiger partial charge in [-0.25, -0.2) is 9.97 Å². The lowest BCUT2D eigenvalue weighted by molar-refractivity contribution is -0.137. The van der Waals surface area contributed by atoms with Crippen LogP contribution in [0.2, 0.25) is 0 Å². The predicted octanol–water partition coefficient (Wildman–Crippen LogP) is 4.41. The van der Waals surface area contributed by atoms with E-state index in [1.165, 1.54) is 6.07 Å². The molecule has 1 aliphatic heterocycles. The zero-order valence-corrected chi connectivity index (χ0v) is 17.3. The molecule has 1 aromatic carbocycles. The molecule has 9 heteroatoms. The topological polar surface area (TPSA) is 60.5 Å². The largest absolute Gasteiger partial charge is 0.417 e. The fourth-order valence-corrected chi connectivity index (χ4v) is 4.21. The summed E-state index contributed by atoms with van der Waals surface area (Å²) in [6.07, 6.45) is -3.51. The van der Waals surface area contributed by atoms with Crippen molar-refractivity contribution in [2.45, 2.75) is 13.1 Å². The molecule has 0 unspecified atom stereocenters. The van der Waals surface area contributed by atoms with Gasteiger partial charge in [-0.05, 0) is 42.8 Å². The van der Waals surface area contributed by atoms with Crippen LogP contribution >= 0.6 is 0 Å². The highest BCUT2D eigenvalue weighted by Crippen LogP contribution is 2.31. The Morgan fingerprint density at radius 3 is 2.38 bits per heavy atom. The number of aromatic nitrogens is 3. The van der Waals surface area contributed by atoms with E-state index in [0.29, 0.717) is 43.2 Å². The summed E-state index contributed by atoms with van der Waals surface area (Å²) in [6, 6.07) is 14.5. The monoisotopic (exact) mass is 436 g/mol. The van der Waals surface area contributed by atoms with Crippen molar-refractivity contribution in [3.8, 4) is 6.07 Å². The van der Waals surface area contributed by atoms with Crippen LogP contribution in [0.3, 0.4) is 0 Å². The van der Waals surface area contributed by atoms with Crippen LogP contribution in [0.1, 0.15) is 16.7 Å². The number of nitriles is 1. The number of fused-ring (bicyclic) bond motifs is 3. The second-order valence-corrected chi connectivity index (χ2v) is 7.81. The lowest BCUT2D eigenvalue weighted by Gasteiger charge is -2.37. The van der Waals surface area contributed by atoms with Gasteiger partial charge in [-0.1, -0.05) is 12.1 Å². The number of rotatable bonds is 2. The number of nitrogens with zero attached hydrogens (tertiary/aromatic N) is 6. The zero-order valence-electron chi connectivity index (χ0n) is 17.3. The average molecular weight is 436 g/mol. The average Bonchev–Trinajstić information content (AvgIpc) is 3.17. The van der Waals surface area contributed by atoms with E-state index in [1.54, 1.807) is 0 Å². The Morgan fingerprint density at radius 1 is 1.00 bits per heavy atom. The normalized spacial score (nSPS) is 14.8. The number of imidazole rings is 1. The molecule has 0 aliphatic carbocycles. The van der Waals surface area contributed by atoms with Crippen molar-refractivity contribution in [3.05, 3.63) is 65.4 Å². The number of benzene rings is 1. The van der Waals surface area contributed by atoms with Crippen molar-refractivity contribution in [1.29, 1.82) is 5.26 Å². The molecule has 4 heterocycles. The first-order valence-corrected chi connectivity index (χ1v) is 10.2. The van der Waals surface area contributed by atoms with E-state index >= 15 is 0 Å². The van der Waals surface area contributed by atoms with Gasteiger partial charge in [0.05, 0.1) is 22.2 Å². The highest BCUT2D eigenvalue weighted by Gasteiger charge is 2.31. The maximum absolute atomic E-state index is 12.8. The van der Waals surface area contributed by atoms with E-state index in [1.807, 2.05) is 46.6 Å². The molecule has 1 saturated heterocycles. The minimum atomic E-state index is -4.39. The van der Waals surface area contributed by atoms with Crippen LogP contribution in [-0.4, -0.2) is 40.5 Å². The third-order valence-corrected chi connectivity index (χ3v) is 5.87. The van der Waals surface area contributed by atoms with Crippen LogP contribution in [0.4, 0.5) is 24.8 Å². The van der Waals surface area contributed by atoms with E-state index in [2.05, 4.69) is 16.0 Å². The Hall–Kier alpha value is -3.80. The lowest BCUT2D eigenvalue weighted by atomic mass is 10.1. The number of hydrogen-bond acceptors (Lipinski definition) is 5. The van der Waals surface area contributed by atoms with E-state index in [9.17, 15) is 18.4 Å². The number of aryl methyl sites for hydroxylation is 1. The Balaban J connectivity index is 1.46. The van der Waals surface area contributed by atoms with Crippen molar-refractivity contribution in [2.24, 2.45) is 0 Å². The van der Waals surface area contributed by atoms with E-state index in [0.717, 1.165) is 34.7 Å². The molecule has 0 amide bonds. The molecule has 0 radical (unpaired) electrons. The molecule has 0 saturated carbocycles. The molecule has 6 nitrogen and oxygen atoms in total. The predicted molar refractivity (Wildman–Crippen MR) is 116 cm³/mol. The molecule has 0 atom stereocenters. The van der Waals surface area contributed by atoms with Crippen molar-refractivity contribution < 1.29 is 13.2 Å². The summed E-state index contributed by atoms with van der Waals surface area (Å²) < 4.78 is 40.5. The highest BCUT2D eigenvalue weighted by atomic mass is 19.4. The quantitative estimate of drug-likeness (QED) is 0.466. The molecule has 0 spiro atoms. The second kappa shape index (κ2) is 7.41. The van der Waals surface area contributed by atoms with Gasteiger partial charge in [0.25, 0.3) is 0 Å². The standard InChI is InChI=1S/C23H19F3N6/c1-15-12-21(32-19-5-3-2-4-18(19)29-22(32)17(15)13-27)31-10-8-30(9-11-31)20-7-6-16(14-28-20)23(24,25)26/h2-7,12,14H,8-11H2,1H3. The number of hydrogen-bond donors (Lipinski definition) is 0. The summed E-state index contributed by atoms with van der Waals surface area (Å²) in [6.45, 7) is 4.46. The highest BCUT2D eigenvalue weighted by molar-refractivity contribution is 5.85. The van der Waals surface area contributed by atoms with Crippen LogP contribution in [0.25, 0.3) is 16.7 Å². The maximum Gasteiger partial charge on any atom is 0.417 e. The number of para-hydroxylation sites is 2. The van der Waals surface area contributed by atoms with Gasteiger partial charge in [0.15, 0.2) is 5.65 Å². The molecule has 4 aromatic rings. The van der Waals surface area contributed by atoms with Crippen molar-refractivity contribution in [1.82, 2.24) is 14.4 Å². The lowest BCUT2D eigenvalue weighted by Crippen LogP contribution is -2.47. The van der Waals surface area contributed by atoms with Gasteiger partial charge in [0.1, 0.15) is 17.7 Å². The van der Waals surface area contributed by atoms with Crippen LogP contribution in [0.15, 0.2) is 48.7 Å². The van der Waals surface area contributed by atoms with Crippen LogP contribution in [0.5, 0.6) is 0 Å². The molecular formula is C23H19F3N6. The Bertz CT molecular complexity index is 1340. The summed E-state index contributed by atoms with van der Waals surface area (Å²) >= 11 is 0. The molecule has 162 valence electrons. The van der Waals surface area contributed by atoms with Gasteiger partial charge < -0.3 is 9.80 Å². The number of piperazine rings is 1. The molecule has 0 N–H and O–H groups in total. The molecule has 32 heavy (non-hydrogen) atoms. The molecule has 1 aliphatic rings. The Kier molecular flexibility index (Phi) is 4.66. The van der Waals surface area contributed by atoms with Crippen LogP contribution in [-0.2, 0) is 6.18 Å². The minimum absolute atomic E-state index is 0.534. The third kappa shape index (κ3) is 3.28. The Labute approximate surface area is 182 Å².